The largest absolute Gasteiger partial charge is 0.380 e. The molecule has 0 bridgehead atoms. The number of hydrogen-bond acceptors (Lipinski definition) is 3. The molecule has 0 aliphatic rings. The smallest absolute Gasteiger partial charge is 0.0620 e. The van der Waals surface area contributed by atoms with Gasteiger partial charge in [-0.05, 0) is 24.5 Å². The van der Waals surface area contributed by atoms with Gasteiger partial charge in [-0.15, -0.1) is 0 Å². The molecule has 0 saturated carbocycles. The first kappa shape index (κ1) is 11.1. The van der Waals surface area contributed by atoms with Crippen LogP contribution in [0.3, 0.4) is 0 Å². The first-order chi connectivity index (χ1) is 6.83. The Morgan fingerprint density at radius 1 is 1.57 bits per heavy atom. The Bertz CT molecular complexity index is 238. The molecule has 3 heteroatoms. The van der Waals surface area contributed by atoms with Crippen LogP contribution >= 0.6 is 0 Å². The van der Waals surface area contributed by atoms with E-state index in [2.05, 4.69) is 11.9 Å². The van der Waals surface area contributed by atoms with Crippen molar-refractivity contribution in [3.63, 3.8) is 0 Å². The SMILES string of the molecule is CCCOCC(N)Cc1cccnc1. The zero-order valence-electron chi connectivity index (χ0n) is 8.65. The van der Waals surface area contributed by atoms with Crippen molar-refractivity contribution in [2.24, 2.45) is 5.73 Å². The van der Waals surface area contributed by atoms with Gasteiger partial charge in [-0.3, -0.25) is 4.98 Å². The number of aromatic nitrogens is 1. The van der Waals surface area contributed by atoms with E-state index in [0.717, 1.165) is 19.4 Å². The molecule has 3 nitrogen and oxygen atoms in total. The predicted octanol–water partition coefficient (Wildman–Crippen LogP) is 1.38. The molecule has 1 rings (SSSR count). The fourth-order valence-corrected chi connectivity index (χ4v) is 1.26. The quantitative estimate of drug-likeness (QED) is 0.696. The van der Waals surface area contributed by atoms with Crippen LogP contribution in [0.5, 0.6) is 0 Å². The minimum Gasteiger partial charge on any atom is -0.380 e. The second kappa shape index (κ2) is 6.51. The van der Waals surface area contributed by atoms with Crippen molar-refractivity contribution in [2.75, 3.05) is 13.2 Å². The molecule has 0 saturated heterocycles. The fraction of sp³-hybridized carbons (Fsp3) is 0.545. The minimum atomic E-state index is 0.0748. The number of rotatable bonds is 6. The van der Waals surface area contributed by atoms with Gasteiger partial charge in [0.05, 0.1) is 6.61 Å². The maximum atomic E-state index is 5.89. The van der Waals surface area contributed by atoms with Crippen LogP contribution in [0.2, 0.25) is 0 Å². The molecule has 1 atom stereocenters. The molecular formula is C11H18N2O. The molecule has 0 amide bonds. The maximum absolute atomic E-state index is 5.89. The van der Waals surface area contributed by atoms with Crippen LogP contribution in [0.15, 0.2) is 24.5 Å². The van der Waals surface area contributed by atoms with E-state index in [4.69, 9.17) is 10.5 Å². The Morgan fingerprint density at radius 3 is 3.07 bits per heavy atom. The zero-order valence-corrected chi connectivity index (χ0v) is 8.65. The van der Waals surface area contributed by atoms with Crippen LogP contribution in [-0.4, -0.2) is 24.2 Å². The van der Waals surface area contributed by atoms with Crippen LogP contribution in [0.4, 0.5) is 0 Å². The van der Waals surface area contributed by atoms with Gasteiger partial charge in [0.25, 0.3) is 0 Å². The molecule has 0 aromatic carbocycles. The molecule has 0 spiro atoms. The van der Waals surface area contributed by atoms with Crippen molar-refractivity contribution < 1.29 is 4.74 Å². The molecule has 1 heterocycles. The van der Waals surface area contributed by atoms with Gasteiger partial charge in [0.2, 0.25) is 0 Å². The highest BCUT2D eigenvalue weighted by molar-refractivity contribution is 5.09. The second-order valence-electron chi connectivity index (χ2n) is 3.40. The summed E-state index contributed by atoms with van der Waals surface area (Å²) < 4.78 is 5.37. The number of pyridine rings is 1. The molecule has 78 valence electrons. The third kappa shape index (κ3) is 4.35. The lowest BCUT2D eigenvalue weighted by atomic mass is 10.1. The lowest BCUT2D eigenvalue weighted by Crippen LogP contribution is -2.28. The van der Waals surface area contributed by atoms with Gasteiger partial charge >= 0.3 is 0 Å². The normalized spacial score (nSPS) is 12.7. The Kier molecular flexibility index (Phi) is 5.19. The number of hydrogen-bond donors (Lipinski definition) is 1. The molecule has 14 heavy (non-hydrogen) atoms. The van der Waals surface area contributed by atoms with Gasteiger partial charge in [-0.25, -0.2) is 0 Å². The van der Waals surface area contributed by atoms with Crippen molar-refractivity contribution in [3.05, 3.63) is 30.1 Å². The summed E-state index contributed by atoms with van der Waals surface area (Å²) in [5, 5.41) is 0. The summed E-state index contributed by atoms with van der Waals surface area (Å²) >= 11 is 0. The molecule has 1 aromatic heterocycles. The number of nitrogens with zero attached hydrogens (tertiary/aromatic N) is 1. The maximum Gasteiger partial charge on any atom is 0.0620 e. The average Bonchev–Trinajstić information content (AvgIpc) is 2.20. The highest BCUT2D eigenvalue weighted by Crippen LogP contribution is 2.00. The van der Waals surface area contributed by atoms with Gasteiger partial charge in [-0.2, -0.15) is 0 Å². The first-order valence-electron chi connectivity index (χ1n) is 5.05. The van der Waals surface area contributed by atoms with Crippen molar-refractivity contribution in [1.82, 2.24) is 4.98 Å². The van der Waals surface area contributed by atoms with Gasteiger partial charge in [-0.1, -0.05) is 13.0 Å². The Balaban J connectivity index is 2.23. The highest BCUT2D eigenvalue weighted by atomic mass is 16.5. The van der Waals surface area contributed by atoms with Crippen LogP contribution in [0.25, 0.3) is 0 Å². The van der Waals surface area contributed by atoms with Crippen LogP contribution in [-0.2, 0) is 11.2 Å². The van der Waals surface area contributed by atoms with Crippen LogP contribution in [0, 0.1) is 0 Å². The summed E-state index contributed by atoms with van der Waals surface area (Å²) in [4.78, 5) is 4.04. The highest BCUT2D eigenvalue weighted by Gasteiger charge is 2.03. The Labute approximate surface area is 85.3 Å². The molecule has 0 aliphatic heterocycles. The Hall–Kier alpha value is -0.930. The van der Waals surface area contributed by atoms with E-state index in [-0.39, 0.29) is 6.04 Å². The van der Waals surface area contributed by atoms with Crippen molar-refractivity contribution in [1.29, 1.82) is 0 Å². The molecule has 2 N–H and O–H groups in total. The van der Waals surface area contributed by atoms with E-state index in [0.29, 0.717) is 6.61 Å². The van der Waals surface area contributed by atoms with Gasteiger partial charge in [0.15, 0.2) is 0 Å². The monoisotopic (exact) mass is 194 g/mol. The number of ether oxygens (including phenoxy) is 1. The topological polar surface area (TPSA) is 48.1 Å². The van der Waals surface area contributed by atoms with E-state index in [9.17, 15) is 0 Å². The fourth-order valence-electron chi connectivity index (χ4n) is 1.26. The lowest BCUT2D eigenvalue weighted by Gasteiger charge is -2.11. The van der Waals surface area contributed by atoms with Crippen molar-refractivity contribution in [3.8, 4) is 0 Å². The van der Waals surface area contributed by atoms with Crippen LogP contribution < -0.4 is 5.73 Å². The third-order valence-corrected chi connectivity index (χ3v) is 1.90. The molecule has 0 aliphatic carbocycles. The molecule has 0 fully saturated rings. The third-order valence-electron chi connectivity index (χ3n) is 1.90. The summed E-state index contributed by atoms with van der Waals surface area (Å²) in [6.07, 6.45) is 5.49. The molecular weight excluding hydrogens is 176 g/mol. The van der Waals surface area contributed by atoms with E-state index >= 15 is 0 Å². The van der Waals surface area contributed by atoms with Crippen molar-refractivity contribution in [2.45, 2.75) is 25.8 Å². The van der Waals surface area contributed by atoms with Crippen LogP contribution in [0.1, 0.15) is 18.9 Å². The van der Waals surface area contributed by atoms with E-state index in [1.165, 1.54) is 5.56 Å². The van der Waals surface area contributed by atoms with Gasteiger partial charge < -0.3 is 10.5 Å². The molecule has 1 unspecified atom stereocenters. The Morgan fingerprint density at radius 2 is 2.43 bits per heavy atom. The van der Waals surface area contributed by atoms with Crippen molar-refractivity contribution >= 4 is 0 Å². The predicted molar refractivity (Wildman–Crippen MR) is 57.0 cm³/mol. The van der Waals surface area contributed by atoms with Gasteiger partial charge in [0.1, 0.15) is 0 Å². The zero-order chi connectivity index (χ0) is 10.2. The van der Waals surface area contributed by atoms with E-state index in [1.54, 1.807) is 6.20 Å². The summed E-state index contributed by atoms with van der Waals surface area (Å²) in [7, 11) is 0. The number of nitrogens with two attached hydrogens (primary N) is 1. The molecule has 0 radical (unpaired) electrons. The standard InChI is InChI=1S/C11H18N2O/c1-2-6-14-9-11(12)7-10-4-3-5-13-8-10/h3-5,8,11H,2,6-7,9,12H2,1H3. The summed E-state index contributed by atoms with van der Waals surface area (Å²) in [6.45, 7) is 3.51. The van der Waals surface area contributed by atoms with E-state index < -0.39 is 0 Å². The first-order valence-corrected chi connectivity index (χ1v) is 5.05. The average molecular weight is 194 g/mol. The lowest BCUT2D eigenvalue weighted by molar-refractivity contribution is 0.121. The summed E-state index contributed by atoms with van der Waals surface area (Å²) in [5.41, 5.74) is 7.06. The van der Waals surface area contributed by atoms with E-state index in [1.807, 2.05) is 18.3 Å². The van der Waals surface area contributed by atoms with Gasteiger partial charge in [0, 0.05) is 25.0 Å². The molecule has 1 aromatic rings. The minimum absolute atomic E-state index is 0.0748. The summed E-state index contributed by atoms with van der Waals surface area (Å²) in [6, 6.07) is 4.03. The summed E-state index contributed by atoms with van der Waals surface area (Å²) in [5.74, 6) is 0. The second-order valence-corrected chi connectivity index (χ2v) is 3.40.